The standard InChI is InChI=1S/C33H33NO5/c1-23(2)28-18-29(32(35)34-20-24-14-16-27(17-15-24)33(36)37-3)31(39-22-26-12-8-5-9-13-26)19-30(28)38-21-25-10-6-4-7-11-25/h4-19,23H,20-22H2,1-3H3,(H,34,35). The van der Waals surface area contributed by atoms with E-state index in [2.05, 4.69) is 19.2 Å². The van der Waals surface area contributed by atoms with Gasteiger partial charge in [0, 0.05) is 12.6 Å². The van der Waals surface area contributed by atoms with Gasteiger partial charge in [-0.3, -0.25) is 4.79 Å². The molecule has 0 saturated carbocycles. The molecule has 0 aromatic heterocycles. The lowest BCUT2D eigenvalue weighted by molar-refractivity contribution is 0.0600. The van der Waals surface area contributed by atoms with Crippen molar-refractivity contribution in [3.63, 3.8) is 0 Å². The van der Waals surface area contributed by atoms with Gasteiger partial charge in [-0.15, -0.1) is 0 Å². The normalized spacial score (nSPS) is 10.7. The Bertz CT molecular complexity index is 1380. The smallest absolute Gasteiger partial charge is 0.337 e. The number of benzene rings is 4. The van der Waals surface area contributed by atoms with Crippen LogP contribution in [0.25, 0.3) is 0 Å². The molecule has 0 atom stereocenters. The Balaban J connectivity index is 1.58. The highest BCUT2D eigenvalue weighted by Crippen LogP contribution is 2.35. The highest BCUT2D eigenvalue weighted by molar-refractivity contribution is 5.97. The Morgan fingerprint density at radius 2 is 1.28 bits per heavy atom. The summed E-state index contributed by atoms with van der Waals surface area (Å²) in [5.41, 5.74) is 4.72. The third-order valence-electron chi connectivity index (χ3n) is 6.28. The first-order valence-corrected chi connectivity index (χ1v) is 12.9. The van der Waals surface area contributed by atoms with Crippen LogP contribution in [0.15, 0.2) is 97.1 Å². The monoisotopic (exact) mass is 523 g/mol. The molecule has 4 aromatic carbocycles. The minimum atomic E-state index is -0.401. The molecule has 0 aliphatic heterocycles. The van der Waals surface area contributed by atoms with Crippen LogP contribution in [0.2, 0.25) is 0 Å². The van der Waals surface area contributed by atoms with Crippen molar-refractivity contribution in [2.24, 2.45) is 0 Å². The molecular weight excluding hydrogens is 490 g/mol. The Kier molecular flexibility index (Phi) is 9.35. The van der Waals surface area contributed by atoms with Crippen molar-refractivity contribution in [1.29, 1.82) is 0 Å². The maximum Gasteiger partial charge on any atom is 0.337 e. The van der Waals surface area contributed by atoms with Gasteiger partial charge >= 0.3 is 5.97 Å². The molecule has 0 fully saturated rings. The minimum absolute atomic E-state index is 0.122. The van der Waals surface area contributed by atoms with Crippen LogP contribution in [-0.4, -0.2) is 19.0 Å². The maximum absolute atomic E-state index is 13.4. The summed E-state index contributed by atoms with van der Waals surface area (Å²) in [4.78, 5) is 25.1. The van der Waals surface area contributed by atoms with Crippen molar-refractivity contribution in [3.8, 4) is 11.5 Å². The van der Waals surface area contributed by atoms with Crippen LogP contribution in [0.1, 0.15) is 62.7 Å². The molecule has 200 valence electrons. The quantitative estimate of drug-likeness (QED) is 0.222. The second kappa shape index (κ2) is 13.3. The molecule has 4 rings (SSSR count). The summed E-state index contributed by atoms with van der Waals surface area (Å²) in [6, 6.07) is 30.4. The SMILES string of the molecule is COC(=O)c1ccc(CNC(=O)c2cc(C(C)C)c(OCc3ccccc3)cc2OCc2ccccc2)cc1. The summed E-state index contributed by atoms with van der Waals surface area (Å²) in [5.74, 6) is 0.598. The largest absolute Gasteiger partial charge is 0.488 e. The highest BCUT2D eigenvalue weighted by Gasteiger charge is 2.20. The predicted octanol–water partition coefficient (Wildman–Crippen LogP) is 6.68. The number of amides is 1. The van der Waals surface area contributed by atoms with E-state index in [0.29, 0.717) is 42.4 Å². The van der Waals surface area contributed by atoms with Crippen LogP contribution in [0.4, 0.5) is 0 Å². The minimum Gasteiger partial charge on any atom is -0.488 e. The summed E-state index contributed by atoms with van der Waals surface area (Å²) in [7, 11) is 1.34. The zero-order valence-electron chi connectivity index (χ0n) is 22.5. The molecule has 0 radical (unpaired) electrons. The van der Waals surface area contributed by atoms with E-state index >= 15 is 0 Å². The molecule has 0 spiro atoms. The van der Waals surface area contributed by atoms with Gasteiger partial charge in [-0.25, -0.2) is 4.79 Å². The van der Waals surface area contributed by atoms with Crippen molar-refractivity contribution < 1.29 is 23.8 Å². The fourth-order valence-electron chi connectivity index (χ4n) is 4.08. The van der Waals surface area contributed by atoms with Crippen molar-refractivity contribution >= 4 is 11.9 Å². The average molecular weight is 524 g/mol. The maximum atomic E-state index is 13.4. The lowest BCUT2D eigenvalue weighted by Crippen LogP contribution is -2.24. The van der Waals surface area contributed by atoms with Crippen LogP contribution >= 0.6 is 0 Å². The molecule has 0 saturated heterocycles. The lowest BCUT2D eigenvalue weighted by Gasteiger charge is -2.19. The van der Waals surface area contributed by atoms with E-state index in [9.17, 15) is 9.59 Å². The van der Waals surface area contributed by atoms with Gasteiger partial charge in [-0.2, -0.15) is 0 Å². The van der Waals surface area contributed by atoms with Crippen molar-refractivity contribution in [1.82, 2.24) is 5.32 Å². The lowest BCUT2D eigenvalue weighted by atomic mass is 9.98. The van der Waals surface area contributed by atoms with E-state index in [0.717, 1.165) is 22.3 Å². The average Bonchev–Trinajstić information content (AvgIpc) is 2.98. The number of esters is 1. The van der Waals surface area contributed by atoms with E-state index < -0.39 is 5.97 Å². The summed E-state index contributed by atoms with van der Waals surface area (Å²) >= 11 is 0. The second-order valence-corrected chi connectivity index (χ2v) is 9.46. The van der Waals surface area contributed by atoms with Crippen molar-refractivity contribution in [3.05, 3.63) is 130 Å². The summed E-state index contributed by atoms with van der Waals surface area (Å²) < 4.78 is 17.2. The number of ether oxygens (including phenoxy) is 3. The fourth-order valence-corrected chi connectivity index (χ4v) is 4.08. The topological polar surface area (TPSA) is 73.9 Å². The van der Waals surface area contributed by atoms with E-state index in [1.165, 1.54) is 7.11 Å². The number of hydrogen-bond donors (Lipinski definition) is 1. The van der Waals surface area contributed by atoms with Gasteiger partial charge in [0.15, 0.2) is 0 Å². The Morgan fingerprint density at radius 1 is 0.718 bits per heavy atom. The first-order chi connectivity index (χ1) is 18.9. The van der Waals surface area contributed by atoms with Gasteiger partial charge in [0.25, 0.3) is 5.91 Å². The third kappa shape index (κ3) is 7.48. The summed E-state index contributed by atoms with van der Waals surface area (Å²) in [6.45, 7) is 5.16. The molecule has 4 aromatic rings. The molecule has 0 bridgehead atoms. The van der Waals surface area contributed by atoms with E-state index in [1.54, 1.807) is 24.3 Å². The van der Waals surface area contributed by atoms with Gasteiger partial charge < -0.3 is 19.5 Å². The molecule has 0 aliphatic rings. The number of nitrogens with one attached hydrogen (secondary N) is 1. The first kappa shape index (κ1) is 27.5. The van der Waals surface area contributed by atoms with Crippen LogP contribution < -0.4 is 14.8 Å². The molecule has 0 heterocycles. The van der Waals surface area contributed by atoms with Crippen LogP contribution in [0.5, 0.6) is 11.5 Å². The fraction of sp³-hybridized carbons (Fsp3) is 0.212. The van der Waals surface area contributed by atoms with Gasteiger partial charge in [-0.05, 0) is 46.4 Å². The molecular formula is C33H33NO5. The van der Waals surface area contributed by atoms with Crippen molar-refractivity contribution in [2.45, 2.75) is 39.5 Å². The van der Waals surface area contributed by atoms with Gasteiger partial charge in [0.1, 0.15) is 24.7 Å². The third-order valence-corrected chi connectivity index (χ3v) is 6.28. The van der Waals surface area contributed by atoms with Crippen molar-refractivity contribution in [2.75, 3.05) is 7.11 Å². The Hall–Kier alpha value is -4.58. The molecule has 1 N–H and O–H groups in total. The number of carbonyl (C=O) groups excluding carboxylic acids is 2. The van der Waals surface area contributed by atoms with Crippen LogP contribution in [0.3, 0.4) is 0 Å². The number of methoxy groups -OCH3 is 1. The van der Waals surface area contributed by atoms with E-state index in [4.69, 9.17) is 14.2 Å². The molecule has 6 heteroatoms. The molecule has 1 amide bonds. The first-order valence-electron chi connectivity index (χ1n) is 12.9. The van der Waals surface area contributed by atoms with Gasteiger partial charge in [0.05, 0.1) is 18.2 Å². The number of hydrogen-bond acceptors (Lipinski definition) is 5. The van der Waals surface area contributed by atoms with E-state index in [-0.39, 0.29) is 11.8 Å². The van der Waals surface area contributed by atoms with Crippen LogP contribution in [-0.2, 0) is 24.5 Å². The summed E-state index contributed by atoms with van der Waals surface area (Å²) in [5, 5.41) is 2.98. The zero-order valence-corrected chi connectivity index (χ0v) is 22.5. The van der Waals surface area contributed by atoms with Gasteiger partial charge in [0.2, 0.25) is 0 Å². The second-order valence-electron chi connectivity index (χ2n) is 9.46. The Labute approximate surface area is 229 Å². The highest BCUT2D eigenvalue weighted by atomic mass is 16.5. The molecule has 6 nitrogen and oxygen atoms in total. The molecule has 39 heavy (non-hydrogen) atoms. The predicted molar refractivity (Wildman–Crippen MR) is 151 cm³/mol. The summed E-state index contributed by atoms with van der Waals surface area (Å²) in [6.07, 6.45) is 0. The number of rotatable bonds is 11. The number of carbonyl (C=O) groups is 2. The molecule has 0 unspecified atom stereocenters. The zero-order chi connectivity index (χ0) is 27.6. The molecule has 0 aliphatic carbocycles. The Morgan fingerprint density at radius 3 is 1.82 bits per heavy atom. The van der Waals surface area contributed by atoms with Crippen LogP contribution in [0, 0.1) is 0 Å². The van der Waals surface area contributed by atoms with E-state index in [1.807, 2.05) is 72.8 Å². The van der Waals surface area contributed by atoms with Gasteiger partial charge in [-0.1, -0.05) is 86.6 Å².